The molecule has 0 aromatic heterocycles. The fourth-order valence-corrected chi connectivity index (χ4v) is 2.11. The van der Waals surface area contributed by atoms with Gasteiger partial charge in [-0.25, -0.2) is 4.39 Å². The highest BCUT2D eigenvalue weighted by atomic mass is 35.5. The topological polar surface area (TPSA) is 32.3 Å². The van der Waals surface area contributed by atoms with Crippen molar-refractivity contribution in [1.29, 1.82) is 0 Å². The number of carbonyl (C=O) groups excluding carboxylic acids is 1. The molecule has 21 heavy (non-hydrogen) atoms. The lowest BCUT2D eigenvalue weighted by Gasteiger charge is -2.25. The standard InChI is InChI=1S/C15H13Cl2FN2O/c16-9-15(21)19-20(11-5-2-1-3-6-11)10-12-13(17)7-4-8-14(12)18/h1-8H,9-10H2,(H,19,21). The number of halogens is 3. The number of nitrogens with one attached hydrogen (secondary N) is 1. The minimum Gasteiger partial charge on any atom is -0.281 e. The number of benzene rings is 2. The van der Waals surface area contributed by atoms with E-state index in [4.69, 9.17) is 23.2 Å². The summed E-state index contributed by atoms with van der Waals surface area (Å²) in [7, 11) is 0. The van der Waals surface area contributed by atoms with E-state index in [0.29, 0.717) is 16.3 Å². The molecular formula is C15H13Cl2FN2O. The Kier molecular flexibility index (Phi) is 5.42. The molecule has 0 saturated heterocycles. The maximum absolute atomic E-state index is 13.9. The lowest BCUT2D eigenvalue weighted by molar-refractivity contribution is -0.118. The van der Waals surface area contributed by atoms with Crippen LogP contribution in [0.2, 0.25) is 5.02 Å². The normalized spacial score (nSPS) is 10.2. The average molecular weight is 327 g/mol. The van der Waals surface area contributed by atoms with E-state index < -0.39 is 5.82 Å². The number of amides is 1. The van der Waals surface area contributed by atoms with Crippen LogP contribution in [-0.4, -0.2) is 11.8 Å². The van der Waals surface area contributed by atoms with Crippen molar-refractivity contribution in [2.75, 3.05) is 10.9 Å². The van der Waals surface area contributed by atoms with Crippen molar-refractivity contribution in [3.63, 3.8) is 0 Å². The summed E-state index contributed by atoms with van der Waals surface area (Å²) in [6.07, 6.45) is 0. The molecule has 2 rings (SSSR count). The summed E-state index contributed by atoms with van der Waals surface area (Å²) in [4.78, 5) is 11.5. The van der Waals surface area contributed by atoms with Gasteiger partial charge in [-0.05, 0) is 24.3 Å². The highest BCUT2D eigenvalue weighted by Gasteiger charge is 2.15. The van der Waals surface area contributed by atoms with Gasteiger partial charge in [0.1, 0.15) is 11.7 Å². The zero-order valence-electron chi connectivity index (χ0n) is 11.0. The molecule has 0 fully saturated rings. The van der Waals surface area contributed by atoms with Crippen molar-refractivity contribution < 1.29 is 9.18 Å². The van der Waals surface area contributed by atoms with Crippen LogP contribution in [0.25, 0.3) is 0 Å². The monoisotopic (exact) mass is 326 g/mol. The molecule has 6 heteroatoms. The number of hydrogen-bond acceptors (Lipinski definition) is 2. The minimum absolute atomic E-state index is 0.0954. The first-order valence-electron chi connectivity index (χ1n) is 6.22. The molecule has 0 heterocycles. The number of nitrogens with zero attached hydrogens (tertiary/aromatic N) is 1. The van der Waals surface area contributed by atoms with Gasteiger partial charge in [0.2, 0.25) is 0 Å². The minimum atomic E-state index is -0.427. The zero-order chi connectivity index (χ0) is 15.2. The lowest BCUT2D eigenvalue weighted by atomic mass is 10.2. The Morgan fingerprint density at radius 1 is 1.14 bits per heavy atom. The van der Waals surface area contributed by atoms with E-state index in [1.165, 1.54) is 17.1 Å². The third-order valence-corrected chi connectivity index (χ3v) is 3.42. The highest BCUT2D eigenvalue weighted by molar-refractivity contribution is 6.31. The molecule has 0 unspecified atom stereocenters. The fourth-order valence-electron chi connectivity index (χ4n) is 1.83. The number of carbonyl (C=O) groups is 1. The van der Waals surface area contributed by atoms with Crippen LogP contribution >= 0.6 is 23.2 Å². The van der Waals surface area contributed by atoms with Crippen LogP contribution < -0.4 is 10.4 Å². The van der Waals surface area contributed by atoms with Gasteiger partial charge in [-0.3, -0.25) is 15.2 Å². The molecule has 110 valence electrons. The van der Waals surface area contributed by atoms with Crippen LogP contribution in [0.1, 0.15) is 5.56 Å². The third kappa shape index (κ3) is 4.09. The quantitative estimate of drug-likeness (QED) is 0.670. The molecule has 2 aromatic carbocycles. The highest BCUT2D eigenvalue weighted by Crippen LogP contribution is 2.23. The SMILES string of the molecule is O=C(CCl)NN(Cc1c(F)cccc1Cl)c1ccccc1. The number of hydrazine groups is 1. The van der Waals surface area contributed by atoms with Crippen LogP contribution in [0.15, 0.2) is 48.5 Å². The average Bonchev–Trinajstić information content (AvgIpc) is 2.50. The summed E-state index contributed by atoms with van der Waals surface area (Å²) < 4.78 is 13.9. The van der Waals surface area contributed by atoms with Gasteiger partial charge in [0.15, 0.2) is 0 Å². The molecule has 0 aliphatic rings. The maximum atomic E-state index is 13.9. The van der Waals surface area contributed by atoms with Gasteiger partial charge >= 0.3 is 0 Å². The van der Waals surface area contributed by atoms with Gasteiger partial charge < -0.3 is 0 Å². The number of para-hydroxylation sites is 1. The molecule has 0 aliphatic heterocycles. The van der Waals surface area contributed by atoms with Gasteiger partial charge in [-0.15, -0.1) is 11.6 Å². The number of rotatable bonds is 5. The summed E-state index contributed by atoms with van der Waals surface area (Å²) >= 11 is 11.5. The van der Waals surface area contributed by atoms with Gasteiger partial charge in [0.25, 0.3) is 5.91 Å². The Hall–Kier alpha value is -1.78. The number of alkyl halides is 1. The van der Waals surface area contributed by atoms with E-state index in [-0.39, 0.29) is 18.3 Å². The Bertz CT molecular complexity index is 602. The van der Waals surface area contributed by atoms with Gasteiger partial charge in [0.05, 0.1) is 12.2 Å². The number of anilines is 1. The molecule has 0 atom stereocenters. The largest absolute Gasteiger partial charge is 0.281 e. The summed E-state index contributed by atoms with van der Waals surface area (Å²) in [6.45, 7) is 0.0954. The lowest BCUT2D eigenvalue weighted by Crippen LogP contribution is -2.42. The van der Waals surface area contributed by atoms with E-state index in [9.17, 15) is 9.18 Å². The summed E-state index contributed by atoms with van der Waals surface area (Å²) in [5.41, 5.74) is 3.63. The van der Waals surface area contributed by atoms with E-state index >= 15 is 0 Å². The molecule has 1 N–H and O–H groups in total. The van der Waals surface area contributed by atoms with Gasteiger partial charge in [-0.2, -0.15) is 0 Å². The summed E-state index contributed by atoms with van der Waals surface area (Å²) in [6, 6.07) is 13.5. The molecule has 0 aliphatic carbocycles. The van der Waals surface area contributed by atoms with Crippen molar-refractivity contribution in [3.05, 3.63) is 64.9 Å². The first-order chi connectivity index (χ1) is 10.1. The molecule has 0 radical (unpaired) electrons. The Morgan fingerprint density at radius 2 is 1.86 bits per heavy atom. The van der Waals surface area contributed by atoms with E-state index in [1.807, 2.05) is 18.2 Å². The van der Waals surface area contributed by atoms with Crippen LogP contribution in [0, 0.1) is 5.82 Å². The van der Waals surface area contributed by atoms with E-state index in [2.05, 4.69) is 5.43 Å². The van der Waals surface area contributed by atoms with Crippen molar-refractivity contribution in [1.82, 2.24) is 5.43 Å². The van der Waals surface area contributed by atoms with Crippen LogP contribution in [-0.2, 0) is 11.3 Å². The second-order valence-electron chi connectivity index (χ2n) is 4.29. The maximum Gasteiger partial charge on any atom is 0.253 e. The van der Waals surface area contributed by atoms with E-state index in [0.717, 1.165) is 0 Å². The first kappa shape index (κ1) is 15.6. The summed E-state index contributed by atoms with van der Waals surface area (Å²) in [5, 5.41) is 1.81. The molecule has 3 nitrogen and oxygen atoms in total. The van der Waals surface area contributed by atoms with Gasteiger partial charge in [-0.1, -0.05) is 35.9 Å². The molecule has 0 spiro atoms. The Balaban J connectivity index is 2.30. The van der Waals surface area contributed by atoms with Crippen molar-refractivity contribution in [2.45, 2.75) is 6.54 Å². The van der Waals surface area contributed by atoms with Crippen LogP contribution in [0.5, 0.6) is 0 Å². The summed E-state index contributed by atoms with van der Waals surface area (Å²) in [5.74, 6) is -0.995. The Morgan fingerprint density at radius 3 is 2.48 bits per heavy atom. The third-order valence-electron chi connectivity index (χ3n) is 2.83. The Labute approximate surface area is 132 Å². The smallest absolute Gasteiger partial charge is 0.253 e. The first-order valence-corrected chi connectivity index (χ1v) is 7.14. The van der Waals surface area contributed by atoms with Gasteiger partial charge in [0, 0.05) is 10.6 Å². The fraction of sp³-hybridized carbons (Fsp3) is 0.133. The molecular weight excluding hydrogens is 314 g/mol. The number of hydrogen-bond donors (Lipinski definition) is 1. The zero-order valence-corrected chi connectivity index (χ0v) is 12.5. The molecule has 1 amide bonds. The van der Waals surface area contributed by atoms with Crippen LogP contribution in [0.3, 0.4) is 0 Å². The molecule has 2 aromatic rings. The predicted molar refractivity (Wildman–Crippen MR) is 82.9 cm³/mol. The second kappa shape index (κ2) is 7.29. The predicted octanol–water partition coefficient (Wildman–Crippen LogP) is 3.76. The van der Waals surface area contributed by atoms with Crippen molar-refractivity contribution in [3.8, 4) is 0 Å². The van der Waals surface area contributed by atoms with Crippen LogP contribution in [0.4, 0.5) is 10.1 Å². The van der Waals surface area contributed by atoms with Crippen molar-refractivity contribution in [2.24, 2.45) is 0 Å². The van der Waals surface area contributed by atoms with Crippen molar-refractivity contribution >= 4 is 34.8 Å². The molecule has 0 saturated carbocycles. The van der Waals surface area contributed by atoms with E-state index in [1.54, 1.807) is 18.2 Å². The molecule has 0 bridgehead atoms. The second-order valence-corrected chi connectivity index (χ2v) is 4.96.